The predicted octanol–water partition coefficient (Wildman–Crippen LogP) is 2.28. The lowest BCUT2D eigenvalue weighted by atomic mass is 10.2. The van der Waals surface area contributed by atoms with Crippen LogP contribution in [0.2, 0.25) is 5.02 Å². The molecule has 0 atom stereocenters. The number of nitrogens with two attached hydrogens (primary N) is 1. The lowest BCUT2D eigenvalue weighted by Gasteiger charge is -1.96. The van der Waals surface area contributed by atoms with Gasteiger partial charge in [0.05, 0.1) is 0 Å². The zero-order chi connectivity index (χ0) is 10.1. The van der Waals surface area contributed by atoms with Crippen molar-refractivity contribution in [2.24, 2.45) is 0 Å². The smallest absolute Gasteiger partial charge is 0.187 e. The van der Waals surface area contributed by atoms with Crippen LogP contribution in [0.25, 0.3) is 11.3 Å². The van der Waals surface area contributed by atoms with Crippen LogP contribution >= 0.6 is 11.6 Å². The minimum Gasteiger partial charge on any atom is -0.380 e. The van der Waals surface area contributed by atoms with Crippen LogP contribution in [0.1, 0.15) is 5.69 Å². The van der Waals surface area contributed by atoms with Gasteiger partial charge < -0.3 is 10.3 Å². The van der Waals surface area contributed by atoms with E-state index >= 15 is 0 Å². The average Bonchev–Trinajstić information content (AvgIpc) is 2.48. The summed E-state index contributed by atoms with van der Waals surface area (Å²) in [4.78, 5) is 4.07. The monoisotopic (exact) mass is 209 g/mol. The van der Waals surface area contributed by atoms with Gasteiger partial charge in [0, 0.05) is 17.5 Å². The zero-order valence-corrected chi connectivity index (χ0v) is 8.25. The topological polar surface area (TPSA) is 64.9 Å². The van der Waals surface area contributed by atoms with Crippen molar-refractivity contribution >= 4 is 17.4 Å². The number of anilines is 1. The molecule has 0 saturated heterocycles. The molecule has 0 amide bonds. The number of pyridine rings is 1. The third kappa shape index (κ3) is 1.44. The van der Waals surface area contributed by atoms with Crippen molar-refractivity contribution < 1.29 is 4.52 Å². The van der Waals surface area contributed by atoms with Gasteiger partial charge in [0.15, 0.2) is 11.6 Å². The molecule has 2 heterocycles. The molecule has 0 aliphatic heterocycles. The molecule has 5 heteroatoms. The van der Waals surface area contributed by atoms with Gasteiger partial charge in [-0.2, -0.15) is 0 Å². The average molecular weight is 210 g/mol. The molecule has 0 radical (unpaired) electrons. The highest BCUT2D eigenvalue weighted by atomic mass is 35.5. The van der Waals surface area contributed by atoms with Crippen molar-refractivity contribution in [3.63, 3.8) is 0 Å². The Kier molecular flexibility index (Phi) is 2.13. The molecule has 72 valence electrons. The first-order valence-corrected chi connectivity index (χ1v) is 4.40. The lowest BCUT2D eigenvalue weighted by molar-refractivity contribution is 0.436. The summed E-state index contributed by atoms with van der Waals surface area (Å²) < 4.78 is 5.00. The highest BCUT2D eigenvalue weighted by Crippen LogP contribution is 2.31. The summed E-state index contributed by atoms with van der Waals surface area (Å²) in [6.45, 7) is 1.89. The van der Waals surface area contributed by atoms with Crippen LogP contribution in [0.4, 0.5) is 5.82 Å². The highest BCUT2D eigenvalue weighted by molar-refractivity contribution is 6.35. The van der Waals surface area contributed by atoms with Gasteiger partial charge in [-0.15, -0.1) is 0 Å². The largest absolute Gasteiger partial charge is 0.380 e. The summed E-state index contributed by atoms with van der Waals surface area (Å²) in [5.74, 6) is 0.686. The molecule has 2 N–H and O–H groups in total. The van der Waals surface area contributed by atoms with Crippen LogP contribution < -0.4 is 5.73 Å². The number of aromatic nitrogens is 2. The summed E-state index contributed by atoms with van der Waals surface area (Å²) in [6, 6.07) is 3.64. The molecular weight excluding hydrogens is 202 g/mol. The number of hydrogen-bond acceptors (Lipinski definition) is 4. The Balaban J connectivity index is 2.55. The summed E-state index contributed by atoms with van der Waals surface area (Å²) in [5, 5.41) is 3.92. The summed E-state index contributed by atoms with van der Waals surface area (Å²) >= 11 is 5.89. The number of nitrogens with zero attached hydrogens (tertiary/aromatic N) is 2. The van der Waals surface area contributed by atoms with Crippen molar-refractivity contribution in [1.82, 2.24) is 10.1 Å². The second kappa shape index (κ2) is 3.31. The van der Waals surface area contributed by atoms with E-state index < -0.39 is 0 Å². The number of hydrogen-bond donors (Lipinski definition) is 1. The SMILES string of the molecule is Cc1cc(-c2onc(N)c2Cl)ccn1. The molecule has 0 aromatic carbocycles. The molecule has 0 unspecified atom stereocenters. The Hall–Kier alpha value is -1.55. The molecule has 0 bridgehead atoms. The molecule has 0 aliphatic rings. The molecule has 0 fully saturated rings. The maximum absolute atomic E-state index is 5.89. The van der Waals surface area contributed by atoms with Crippen molar-refractivity contribution in [2.75, 3.05) is 5.73 Å². The number of nitrogen functional groups attached to an aromatic ring is 1. The fraction of sp³-hybridized carbons (Fsp3) is 0.111. The van der Waals surface area contributed by atoms with Gasteiger partial charge in [0.2, 0.25) is 0 Å². The van der Waals surface area contributed by atoms with Crippen molar-refractivity contribution in [3.8, 4) is 11.3 Å². The normalized spacial score (nSPS) is 10.4. The van der Waals surface area contributed by atoms with Gasteiger partial charge in [-0.25, -0.2) is 0 Å². The maximum atomic E-state index is 5.89. The summed E-state index contributed by atoms with van der Waals surface area (Å²) in [5.41, 5.74) is 7.17. The van der Waals surface area contributed by atoms with Crippen LogP contribution in [0.5, 0.6) is 0 Å². The van der Waals surface area contributed by atoms with Crippen LogP contribution in [0.15, 0.2) is 22.9 Å². The maximum Gasteiger partial charge on any atom is 0.187 e. The second-order valence-electron chi connectivity index (χ2n) is 2.90. The van der Waals surface area contributed by atoms with E-state index in [1.165, 1.54) is 0 Å². The first-order chi connectivity index (χ1) is 6.68. The molecule has 0 aliphatic carbocycles. The van der Waals surface area contributed by atoms with Crippen molar-refractivity contribution in [2.45, 2.75) is 6.92 Å². The molecule has 0 saturated carbocycles. The Morgan fingerprint density at radius 1 is 1.50 bits per heavy atom. The van der Waals surface area contributed by atoms with E-state index in [1.54, 1.807) is 12.3 Å². The summed E-state index contributed by atoms with van der Waals surface area (Å²) in [7, 11) is 0. The molecule has 14 heavy (non-hydrogen) atoms. The number of rotatable bonds is 1. The van der Waals surface area contributed by atoms with Gasteiger partial charge in [-0.05, 0) is 19.1 Å². The van der Waals surface area contributed by atoms with E-state index in [0.717, 1.165) is 11.3 Å². The van der Waals surface area contributed by atoms with Gasteiger partial charge in [-0.3, -0.25) is 4.98 Å². The van der Waals surface area contributed by atoms with Crippen LogP contribution in [0, 0.1) is 6.92 Å². The minimum atomic E-state index is 0.205. The van der Waals surface area contributed by atoms with Crippen LogP contribution in [-0.2, 0) is 0 Å². The van der Waals surface area contributed by atoms with E-state index in [4.69, 9.17) is 21.9 Å². The molecular formula is C9H8ClN3O. The van der Waals surface area contributed by atoms with E-state index in [0.29, 0.717) is 10.8 Å². The lowest BCUT2D eigenvalue weighted by Crippen LogP contribution is -1.84. The molecule has 2 rings (SSSR count). The van der Waals surface area contributed by atoms with Crippen LogP contribution in [-0.4, -0.2) is 10.1 Å². The number of halogens is 1. The predicted molar refractivity (Wildman–Crippen MR) is 53.9 cm³/mol. The van der Waals surface area contributed by atoms with E-state index in [9.17, 15) is 0 Å². The Bertz CT molecular complexity index is 467. The van der Waals surface area contributed by atoms with Gasteiger partial charge in [0.25, 0.3) is 0 Å². The first-order valence-electron chi connectivity index (χ1n) is 4.02. The third-order valence-corrected chi connectivity index (χ3v) is 2.18. The Morgan fingerprint density at radius 2 is 2.29 bits per heavy atom. The molecule has 2 aromatic rings. The van der Waals surface area contributed by atoms with E-state index in [2.05, 4.69) is 10.1 Å². The minimum absolute atomic E-state index is 0.205. The Labute approximate surface area is 85.7 Å². The first kappa shape index (κ1) is 9.02. The van der Waals surface area contributed by atoms with Crippen molar-refractivity contribution in [1.29, 1.82) is 0 Å². The molecule has 0 spiro atoms. The fourth-order valence-electron chi connectivity index (χ4n) is 1.16. The Morgan fingerprint density at radius 3 is 2.86 bits per heavy atom. The third-order valence-electron chi connectivity index (χ3n) is 1.82. The van der Waals surface area contributed by atoms with Crippen molar-refractivity contribution in [3.05, 3.63) is 29.0 Å². The van der Waals surface area contributed by atoms with Gasteiger partial charge in [0.1, 0.15) is 5.02 Å². The van der Waals surface area contributed by atoms with Gasteiger partial charge >= 0.3 is 0 Å². The van der Waals surface area contributed by atoms with Gasteiger partial charge in [-0.1, -0.05) is 16.8 Å². The highest BCUT2D eigenvalue weighted by Gasteiger charge is 2.13. The summed E-state index contributed by atoms with van der Waals surface area (Å²) in [6.07, 6.45) is 1.68. The quantitative estimate of drug-likeness (QED) is 0.783. The number of aryl methyl sites for hydroxylation is 1. The van der Waals surface area contributed by atoms with E-state index in [-0.39, 0.29) is 5.82 Å². The zero-order valence-electron chi connectivity index (χ0n) is 7.49. The van der Waals surface area contributed by atoms with E-state index in [1.807, 2.05) is 13.0 Å². The standard InChI is InChI=1S/C9H8ClN3O/c1-5-4-6(2-3-12-5)8-7(10)9(11)13-14-8/h2-4H,1H3,(H2,11,13). The molecule has 2 aromatic heterocycles. The molecule has 4 nitrogen and oxygen atoms in total. The fourth-order valence-corrected chi connectivity index (χ4v) is 1.34. The second-order valence-corrected chi connectivity index (χ2v) is 3.27. The van der Waals surface area contributed by atoms with Crippen LogP contribution in [0.3, 0.4) is 0 Å².